The highest BCUT2D eigenvalue weighted by atomic mass is 31.0. The zero-order valence-electron chi connectivity index (χ0n) is 14.0. The molecule has 0 amide bonds. The topological polar surface area (TPSA) is 33.0 Å². The summed E-state index contributed by atoms with van der Waals surface area (Å²) in [6.07, 6.45) is 12.0. The van der Waals surface area contributed by atoms with Crippen LogP contribution in [0, 0.1) is 17.2 Å². The van der Waals surface area contributed by atoms with Crippen molar-refractivity contribution < 1.29 is 4.52 Å². The van der Waals surface area contributed by atoms with E-state index in [4.69, 9.17) is 9.79 Å². The van der Waals surface area contributed by atoms with Crippen molar-refractivity contribution in [1.82, 2.24) is 0 Å². The fourth-order valence-electron chi connectivity index (χ4n) is 1.96. The fraction of sp³-hybridized carbons (Fsp3) is 0.611. The number of nitrogens with zero attached hydrogens (tertiary/aromatic N) is 1. The third-order valence-corrected chi connectivity index (χ3v) is 3.55. The van der Waals surface area contributed by atoms with Gasteiger partial charge >= 0.3 is 0 Å². The van der Waals surface area contributed by atoms with Gasteiger partial charge in [-0.2, -0.15) is 5.26 Å². The highest BCUT2D eigenvalue weighted by Crippen LogP contribution is 2.13. The van der Waals surface area contributed by atoms with Crippen LogP contribution in [0.1, 0.15) is 59.8 Å². The van der Waals surface area contributed by atoms with Crippen molar-refractivity contribution in [3.8, 4) is 6.07 Å². The Kier molecular flexibility index (Phi) is 12.3. The number of allylic oxidation sites excluding steroid dienone is 6. The number of nitriles is 1. The lowest BCUT2D eigenvalue weighted by Gasteiger charge is -2.05. The number of rotatable bonds is 10. The largest absolute Gasteiger partial charge is 0.364 e. The first-order chi connectivity index (χ1) is 9.99. The van der Waals surface area contributed by atoms with Gasteiger partial charge in [-0.05, 0) is 59.8 Å². The summed E-state index contributed by atoms with van der Waals surface area (Å²) in [5.74, 6) is -0.0428. The van der Waals surface area contributed by atoms with Crippen LogP contribution in [0.2, 0.25) is 0 Å². The van der Waals surface area contributed by atoms with Crippen molar-refractivity contribution in [1.29, 1.82) is 5.26 Å². The smallest absolute Gasteiger partial charge is 0.0734 e. The summed E-state index contributed by atoms with van der Waals surface area (Å²) in [4.78, 5) is 0. The Morgan fingerprint density at radius 1 is 1.05 bits per heavy atom. The molecular formula is C18H30NOP. The Bertz CT molecular complexity index is 411. The van der Waals surface area contributed by atoms with Gasteiger partial charge in [0.15, 0.2) is 0 Å². The minimum absolute atomic E-state index is 0.0428. The van der Waals surface area contributed by atoms with Gasteiger partial charge in [0.25, 0.3) is 0 Å². The molecule has 0 bridgehead atoms. The lowest BCUT2D eigenvalue weighted by Crippen LogP contribution is -2.02. The van der Waals surface area contributed by atoms with Gasteiger partial charge in [-0.1, -0.05) is 34.9 Å². The summed E-state index contributed by atoms with van der Waals surface area (Å²) in [5, 5.41) is 8.96. The van der Waals surface area contributed by atoms with Gasteiger partial charge < -0.3 is 4.52 Å². The summed E-state index contributed by atoms with van der Waals surface area (Å²) in [6, 6.07) is 2.26. The quantitative estimate of drug-likeness (QED) is 0.381. The number of hydrogen-bond acceptors (Lipinski definition) is 2. The Labute approximate surface area is 133 Å². The second-order valence-corrected chi connectivity index (χ2v) is 6.19. The van der Waals surface area contributed by atoms with Gasteiger partial charge in [0.2, 0.25) is 0 Å². The third-order valence-electron chi connectivity index (χ3n) is 3.35. The van der Waals surface area contributed by atoms with Crippen LogP contribution in [0.15, 0.2) is 34.9 Å². The van der Waals surface area contributed by atoms with Gasteiger partial charge in [0.05, 0.1) is 18.6 Å². The Hall–Kier alpha value is -0.900. The van der Waals surface area contributed by atoms with E-state index in [-0.39, 0.29) is 5.92 Å². The van der Waals surface area contributed by atoms with E-state index in [9.17, 15) is 0 Å². The summed E-state index contributed by atoms with van der Waals surface area (Å²) < 4.78 is 4.94. The van der Waals surface area contributed by atoms with Crippen molar-refractivity contribution in [2.45, 2.75) is 59.8 Å². The van der Waals surface area contributed by atoms with Crippen molar-refractivity contribution >= 4 is 9.47 Å². The van der Waals surface area contributed by atoms with E-state index in [0.29, 0.717) is 6.61 Å². The standard InChI is InChI=1S/C18H30NOP/c1-15(2)7-5-8-16(3)9-6-10-17(4)11-12-18(13-19)14-20-21/h7,9,11,18H,5-6,8,10,12,14,21H2,1-4H3. The molecule has 0 saturated carbocycles. The monoisotopic (exact) mass is 307 g/mol. The average Bonchev–Trinajstić information content (AvgIpc) is 2.43. The fourth-order valence-corrected chi connectivity index (χ4v) is 2.19. The van der Waals surface area contributed by atoms with E-state index >= 15 is 0 Å². The molecule has 0 fully saturated rings. The van der Waals surface area contributed by atoms with Gasteiger partial charge in [0, 0.05) is 9.47 Å². The Balaban J connectivity index is 4.04. The van der Waals surface area contributed by atoms with Gasteiger partial charge in [-0.25, -0.2) is 0 Å². The van der Waals surface area contributed by atoms with E-state index in [0.717, 1.165) is 32.1 Å². The minimum atomic E-state index is -0.0428. The van der Waals surface area contributed by atoms with Crippen LogP contribution in [0.3, 0.4) is 0 Å². The van der Waals surface area contributed by atoms with Crippen LogP contribution in [0.5, 0.6) is 0 Å². The summed E-state index contributed by atoms with van der Waals surface area (Å²) in [5.41, 5.74) is 4.21. The molecule has 21 heavy (non-hydrogen) atoms. The molecule has 3 heteroatoms. The average molecular weight is 307 g/mol. The molecule has 0 aromatic carbocycles. The van der Waals surface area contributed by atoms with Crippen LogP contribution in [-0.2, 0) is 4.52 Å². The van der Waals surface area contributed by atoms with Crippen LogP contribution in [0.25, 0.3) is 0 Å². The molecule has 2 atom stereocenters. The van der Waals surface area contributed by atoms with Gasteiger partial charge in [-0.15, -0.1) is 0 Å². The maximum Gasteiger partial charge on any atom is 0.0734 e. The van der Waals surface area contributed by atoms with E-state index in [1.54, 1.807) is 0 Å². The lowest BCUT2D eigenvalue weighted by atomic mass is 10.0. The molecule has 0 rings (SSSR count). The molecule has 118 valence electrons. The zero-order chi connectivity index (χ0) is 16.1. The van der Waals surface area contributed by atoms with Gasteiger partial charge in [0.1, 0.15) is 0 Å². The maximum atomic E-state index is 8.96. The van der Waals surface area contributed by atoms with Crippen molar-refractivity contribution in [2.75, 3.05) is 6.61 Å². The third kappa shape index (κ3) is 12.5. The molecule has 0 saturated heterocycles. The molecule has 0 aromatic heterocycles. The van der Waals surface area contributed by atoms with Crippen LogP contribution in [-0.4, -0.2) is 6.61 Å². The maximum absolute atomic E-state index is 8.96. The predicted octanol–water partition coefficient (Wildman–Crippen LogP) is 5.74. The molecule has 0 radical (unpaired) electrons. The lowest BCUT2D eigenvalue weighted by molar-refractivity contribution is 0.324. The highest BCUT2D eigenvalue weighted by molar-refractivity contribution is 7.09. The minimum Gasteiger partial charge on any atom is -0.364 e. The van der Waals surface area contributed by atoms with Crippen molar-refractivity contribution in [2.24, 2.45) is 5.92 Å². The first kappa shape index (κ1) is 20.1. The number of hydrogen-bond donors (Lipinski definition) is 0. The van der Waals surface area contributed by atoms with Gasteiger partial charge in [-0.3, -0.25) is 0 Å². The second kappa shape index (κ2) is 12.8. The van der Waals surface area contributed by atoms with Crippen LogP contribution in [0.4, 0.5) is 0 Å². The van der Waals surface area contributed by atoms with E-state index in [1.807, 2.05) is 0 Å². The van der Waals surface area contributed by atoms with E-state index < -0.39 is 0 Å². The first-order valence-corrected chi connectivity index (χ1v) is 8.12. The normalized spacial score (nSPS) is 13.7. The highest BCUT2D eigenvalue weighted by Gasteiger charge is 2.04. The zero-order valence-corrected chi connectivity index (χ0v) is 15.1. The molecule has 0 aromatic rings. The Morgan fingerprint density at radius 3 is 2.14 bits per heavy atom. The second-order valence-electron chi connectivity index (χ2n) is 5.85. The van der Waals surface area contributed by atoms with Crippen molar-refractivity contribution in [3.63, 3.8) is 0 Å². The molecule has 0 heterocycles. The van der Waals surface area contributed by atoms with Crippen LogP contribution >= 0.6 is 9.47 Å². The molecule has 0 aliphatic heterocycles. The van der Waals surface area contributed by atoms with Crippen LogP contribution < -0.4 is 0 Å². The SMILES string of the molecule is CC(C)=CCCC(C)=CCCC(C)=CCC(C#N)COP. The molecule has 0 spiro atoms. The first-order valence-electron chi connectivity index (χ1n) is 7.65. The summed E-state index contributed by atoms with van der Waals surface area (Å²) in [6.45, 7) is 9.12. The molecule has 2 nitrogen and oxygen atoms in total. The summed E-state index contributed by atoms with van der Waals surface area (Å²) in [7, 11) is 2.20. The van der Waals surface area contributed by atoms with E-state index in [1.165, 1.54) is 16.7 Å². The predicted molar refractivity (Wildman–Crippen MR) is 94.8 cm³/mol. The van der Waals surface area contributed by atoms with E-state index in [2.05, 4.69) is 61.5 Å². The molecule has 2 unspecified atom stereocenters. The summed E-state index contributed by atoms with van der Waals surface area (Å²) >= 11 is 0. The Morgan fingerprint density at radius 2 is 1.62 bits per heavy atom. The molecule has 0 aliphatic rings. The molecular weight excluding hydrogens is 277 g/mol. The molecule has 0 aliphatic carbocycles. The van der Waals surface area contributed by atoms with Crippen molar-refractivity contribution in [3.05, 3.63) is 34.9 Å². The molecule has 0 N–H and O–H groups in total.